The third-order valence-corrected chi connectivity index (χ3v) is 3.65. The van der Waals surface area contributed by atoms with Gasteiger partial charge in [-0.2, -0.15) is 0 Å². The maximum absolute atomic E-state index is 5.93. The molecule has 0 fully saturated rings. The summed E-state index contributed by atoms with van der Waals surface area (Å²) in [7, 11) is 0. The number of halogens is 2. The Labute approximate surface area is 130 Å². The van der Waals surface area contributed by atoms with E-state index in [1.807, 2.05) is 36.4 Å². The largest absolute Gasteiger partial charge is 0.457 e. The summed E-state index contributed by atoms with van der Waals surface area (Å²) in [5, 5.41) is 3.32. The zero-order chi connectivity index (χ0) is 13.7. The zero-order valence-corrected chi connectivity index (χ0v) is 13.8. The van der Waals surface area contributed by atoms with Crippen molar-refractivity contribution in [3.8, 4) is 11.5 Å². The topological polar surface area (TPSA) is 21.3 Å². The Morgan fingerprint density at radius 3 is 2.37 bits per heavy atom. The Hall–Kier alpha value is -0.840. The number of rotatable bonds is 5. The van der Waals surface area contributed by atoms with Gasteiger partial charge in [0.15, 0.2) is 0 Å². The van der Waals surface area contributed by atoms with E-state index in [4.69, 9.17) is 4.74 Å². The molecule has 0 heterocycles. The highest BCUT2D eigenvalue weighted by Gasteiger charge is 2.05. The quantitative estimate of drug-likeness (QED) is 0.772. The second-order valence-corrected chi connectivity index (χ2v) is 5.92. The number of hydrogen-bond donors (Lipinski definition) is 1. The van der Waals surface area contributed by atoms with Crippen molar-refractivity contribution in [3.05, 3.63) is 57.0 Å². The second kappa shape index (κ2) is 7.08. The summed E-state index contributed by atoms with van der Waals surface area (Å²) in [5.74, 6) is 1.72. The Balaban J connectivity index is 2.20. The first-order chi connectivity index (χ1) is 9.19. The van der Waals surface area contributed by atoms with Crippen LogP contribution in [0.2, 0.25) is 0 Å². The maximum Gasteiger partial charge on any atom is 0.131 e. The minimum atomic E-state index is 0.793. The van der Waals surface area contributed by atoms with E-state index in [0.29, 0.717) is 0 Å². The van der Waals surface area contributed by atoms with Gasteiger partial charge in [-0.3, -0.25) is 0 Å². The average Bonchev–Trinajstić information content (AvgIpc) is 2.41. The molecule has 19 heavy (non-hydrogen) atoms. The molecule has 4 heteroatoms. The molecule has 0 aliphatic rings. The van der Waals surface area contributed by atoms with Gasteiger partial charge in [-0.15, -0.1) is 0 Å². The van der Waals surface area contributed by atoms with Gasteiger partial charge in [-0.1, -0.05) is 38.8 Å². The van der Waals surface area contributed by atoms with E-state index in [9.17, 15) is 0 Å². The molecular weight excluding hydrogens is 370 g/mol. The highest BCUT2D eigenvalue weighted by Crippen LogP contribution is 2.28. The summed E-state index contributed by atoms with van der Waals surface area (Å²) in [5.41, 5.74) is 1.14. The van der Waals surface area contributed by atoms with Crippen LogP contribution in [0.15, 0.2) is 51.4 Å². The molecule has 2 aromatic carbocycles. The normalized spacial score (nSPS) is 10.5. The van der Waals surface area contributed by atoms with Gasteiger partial charge in [0.2, 0.25) is 0 Å². The molecule has 0 bridgehead atoms. The highest BCUT2D eigenvalue weighted by atomic mass is 79.9. The van der Waals surface area contributed by atoms with Crippen molar-refractivity contribution in [2.24, 2.45) is 0 Å². The van der Waals surface area contributed by atoms with Crippen molar-refractivity contribution in [1.82, 2.24) is 5.32 Å². The van der Waals surface area contributed by atoms with E-state index in [0.717, 1.165) is 39.1 Å². The van der Waals surface area contributed by atoms with Crippen LogP contribution in [-0.4, -0.2) is 6.54 Å². The summed E-state index contributed by atoms with van der Waals surface area (Å²) in [6.07, 6.45) is 0. The molecule has 0 spiro atoms. The van der Waals surface area contributed by atoms with Crippen LogP contribution in [0.25, 0.3) is 0 Å². The zero-order valence-electron chi connectivity index (χ0n) is 10.6. The molecule has 0 radical (unpaired) electrons. The average molecular weight is 385 g/mol. The molecule has 0 unspecified atom stereocenters. The van der Waals surface area contributed by atoms with Crippen LogP contribution in [0.4, 0.5) is 0 Å². The smallest absolute Gasteiger partial charge is 0.131 e. The van der Waals surface area contributed by atoms with Gasteiger partial charge >= 0.3 is 0 Å². The SMILES string of the molecule is CCNCc1cc(Br)ccc1Oc1ccc(Br)cc1. The predicted octanol–water partition coefficient (Wildman–Crippen LogP) is 5.11. The van der Waals surface area contributed by atoms with Gasteiger partial charge in [-0.25, -0.2) is 0 Å². The van der Waals surface area contributed by atoms with Gasteiger partial charge < -0.3 is 10.1 Å². The molecule has 2 rings (SSSR count). The first-order valence-corrected chi connectivity index (χ1v) is 7.70. The Kier molecular flexibility index (Phi) is 5.43. The molecule has 0 aromatic heterocycles. The van der Waals surface area contributed by atoms with Crippen molar-refractivity contribution in [3.63, 3.8) is 0 Å². The van der Waals surface area contributed by atoms with Crippen LogP contribution in [-0.2, 0) is 6.54 Å². The van der Waals surface area contributed by atoms with E-state index in [1.165, 1.54) is 0 Å². The lowest BCUT2D eigenvalue weighted by molar-refractivity contribution is 0.473. The van der Waals surface area contributed by atoms with Gasteiger partial charge in [0.1, 0.15) is 11.5 Å². The molecule has 2 aromatic rings. The minimum Gasteiger partial charge on any atom is -0.457 e. The molecule has 100 valence electrons. The fourth-order valence-corrected chi connectivity index (χ4v) is 2.35. The molecule has 1 N–H and O–H groups in total. The van der Waals surface area contributed by atoms with Crippen LogP contribution in [0.1, 0.15) is 12.5 Å². The number of nitrogens with one attached hydrogen (secondary N) is 1. The first kappa shape index (κ1) is 14.6. The van der Waals surface area contributed by atoms with E-state index < -0.39 is 0 Å². The van der Waals surface area contributed by atoms with Gasteiger partial charge in [0, 0.05) is 21.1 Å². The number of hydrogen-bond acceptors (Lipinski definition) is 2. The van der Waals surface area contributed by atoms with Gasteiger partial charge in [0.05, 0.1) is 0 Å². The van der Waals surface area contributed by atoms with Crippen molar-refractivity contribution < 1.29 is 4.74 Å². The van der Waals surface area contributed by atoms with Gasteiger partial charge in [-0.05, 0) is 49.0 Å². The summed E-state index contributed by atoms with van der Waals surface area (Å²) >= 11 is 6.91. The number of ether oxygens (including phenoxy) is 1. The lowest BCUT2D eigenvalue weighted by Gasteiger charge is -2.12. The van der Waals surface area contributed by atoms with E-state index >= 15 is 0 Å². The molecule has 0 aliphatic heterocycles. The predicted molar refractivity (Wildman–Crippen MR) is 85.7 cm³/mol. The fourth-order valence-electron chi connectivity index (χ4n) is 1.68. The van der Waals surface area contributed by atoms with E-state index in [1.54, 1.807) is 0 Å². The Morgan fingerprint density at radius 2 is 1.68 bits per heavy atom. The van der Waals surface area contributed by atoms with Crippen molar-refractivity contribution in [1.29, 1.82) is 0 Å². The number of benzene rings is 2. The minimum absolute atomic E-state index is 0.793. The summed E-state index contributed by atoms with van der Waals surface area (Å²) in [6, 6.07) is 13.9. The molecule has 0 saturated heterocycles. The van der Waals surface area contributed by atoms with Gasteiger partial charge in [0.25, 0.3) is 0 Å². The molecule has 2 nitrogen and oxygen atoms in total. The lowest BCUT2D eigenvalue weighted by atomic mass is 10.2. The molecular formula is C15H15Br2NO. The van der Waals surface area contributed by atoms with Crippen LogP contribution < -0.4 is 10.1 Å². The Morgan fingerprint density at radius 1 is 1.00 bits per heavy atom. The lowest BCUT2D eigenvalue weighted by Crippen LogP contribution is -2.12. The highest BCUT2D eigenvalue weighted by molar-refractivity contribution is 9.10. The maximum atomic E-state index is 5.93. The molecule has 0 amide bonds. The standard InChI is InChI=1S/C15H15Br2NO/c1-2-18-10-11-9-13(17)5-8-15(11)19-14-6-3-12(16)4-7-14/h3-9,18H,2,10H2,1H3. The second-order valence-electron chi connectivity index (χ2n) is 4.09. The summed E-state index contributed by atoms with van der Waals surface area (Å²) in [4.78, 5) is 0. The van der Waals surface area contributed by atoms with Crippen LogP contribution in [0, 0.1) is 0 Å². The Bertz CT molecular complexity index is 540. The monoisotopic (exact) mass is 383 g/mol. The third kappa shape index (κ3) is 4.34. The molecule has 0 atom stereocenters. The molecule has 0 aliphatic carbocycles. The van der Waals surface area contributed by atoms with Crippen LogP contribution >= 0.6 is 31.9 Å². The van der Waals surface area contributed by atoms with Crippen molar-refractivity contribution in [2.75, 3.05) is 6.54 Å². The third-order valence-electron chi connectivity index (χ3n) is 2.63. The van der Waals surface area contributed by atoms with Crippen LogP contribution in [0.5, 0.6) is 11.5 Å². The van der Waals surface area contributed by atoms with E-state index in [-0.39, 0.29) is 0 Å². The molecule has 0 saturated carbocycles. The first-order valence-electron chi connectivity index (χ1n) is 6.11. The summed E-state index contributed by atoms with van der Waals surface area (Å²) < 4.78 is 8.04. The van der Waals surface area contributed by atoms with E-state index in [2.05, 4.69) is 50.2 Å². The van der Waals surface area contributed by atoms with Crippen LogP contribution in [0.3, 0.4) is 0 Å². The van der Waals surface area contributed by atoms with Crippen molar-refractivity contribution >= 4 is 31.9 Å². The van der Waals surface area contributed by atoms with Crippen molar-refractivity contribution in [2.45, 2.75) is 13.5 Å². The summed E-state index contributed by atoms with van der Waals surface area (Å²) in [6.45, 7) is 3.82. The fraction of sp³-hybridized carbons (Fsp3) is 0.200.